The van der Waals surface area contributed by atoms with E-state index in [2.05, 4.69) is 5.32 Å². The summed E-state index contributed by atoms with van der Waals surface area (Å²) >= 11 is 0. The van der Waals surface area contributed by atoms with Crippen LogP contribution in [0.2, 0.25) is 0 Å². The molecule has 114 valence electrons. The van der Waals surface area contributed by atoms with Crippen molar-refractivity contribution in [3.05, 3.63) is 78.1 Å². The first kappa shape index (κ1) is 14.6. The van der Waals surface area contributed by atoms with Gasteiger partial charge >= 0.3 is 5.97 Å². The minimum absolute atomic E-state index is 0.111. The quantitative estimate of drug-likeness (QED) is 0.766. The first-order valence-electron chi connectivity index (χ1n) is 6.92. The van der Waals surface area contributed by atoms with Gasteiger partial charge in [-0.05, 0) is 24.3 Å². The molecule has 0 aliphatic rings. The Morgan fingerprint density at radius 1 is 0.913 bits per heavy atom. The zero-order chi connectivity index (χ0) is 16.2. The number of nitrogens with one attached hydrogen (secondary N) is 1. The Morgan fingerprint density at radius 2 is 1.70 bits per heavy atom. The Morgan fingerprint density at radius 3 is 2.43 bits per heavy atom. The summed E-state index contributed by atoms with van der Waals surface area (Å²) < 4.78 is 5.42. The van der Waals surface area contributed by atoms with Gasteiger partial charge in [0.05, 0.1) is 11.1 Å². The number of carbonyl (C=O) groups excluding carboxylic acids is 1. The third-order valence-corrected chi connectivity index (χ3v) is 3.29. The molecule has 23 heavy (non-hydrogen) atoms. The molecule has 1 aromatic heterocycles. The summed E-state index contributed by atoms with van der Waals surface area (Å²) in [6.07, 6.45) is 1.37. The Kier molecular flexibility index (Phi) is 3.93. The van der Waals surface area contributed by atoms with Crippen LogP contribution < -0.4 is 5.32 Å². The molecule has 2 aromatic carbocycles. The maximum absolute atomic E-state index is 12.2. The first-order chi connectivity index (χ1) is 11.1. The van der Waals surface area contributed by atoms with E-state index in [9.17, 15) is 9.59 Å². The second kappa shape index (κ2) is 6.19. The van der Waals surface area contributed by atoms with E-state index in [-0.39, 0.29) is 11.5 Å². The first-order valence-corrected chi connectivity index (χ1v) is 6.92. The van der Waals surface area contributed by atoms with Crippen molar-refractivity contribution in [2.24, 2.45) is 0 Å². The monoisotopic (exact) mass is 307 g/mol. The van der Waals surface area contributed by atoms with Crippen molar-refractivity contribution in [1.82, 2.24) is 0 Å². The number of carbonyl (C=O) groups is 2. The molecular weight excluding hydrogens is 294 g/mol. The summed E-state index contributed by atoms with van der Waals surface area (Å²) in [7, 11) is 0. The standard InChI is InChI=1S/C18H13NO4/c20-17(19-15-8-4-7-13(9-15)18(21)22)14-10-16(23-11-14)12-5-2-1-3-6-12/h1-11H,(H,19,20)(H,21,22). The van der Waals surface area contributed by atoms with Crippen molar-refractivity contribution in [1.29, 1.82) is 0 Å². The molecule has 0 unspecified atom stereocenters. The van der Waals surface area contributed by atoms with Gasteiger partial charge in [-0.1, -0.05) is 36.4 Å². The van der Waals surface area contributed by atoms with Gasteiger partial charge in [0, 0.05) is 11.3 Å². The van der Waals surface area contributed by atoms with Crippen LogP contribution in [0.5, 0.6) is 0 Å². The van der Waals surface area contributed by atoms with Crippen molar-refractivity contribution in [2.75, 3.05) is 5.32 Å². The van der Waals surface area contributed by atoms with Gasteiger partial charge in [-0.15, -0.1) is 0 Å². The zero-order valence-electron chi connectivity index (χ0n) is 12.0. The Bertz CT molecular complexity index is 852. The predicted octanol–water partition coefficient (Wildman–Crippen LogP) is 3.90. The minimum atomic E-state index is -1.05. The second-order valence-electron chi connectivity index (χ2n) is 4.91. The van der Waals surface area contributed by atoms with Crippen LogP contribution in [0.25, 0.3) is 11.3 Å². The van der Waals surface area contributed by atoms with E-state index in [1.54, 1.807) is 18.2 Å². The molecule has 0 radical (unpaired) electrons. The third-order valence-electron chi connectivity index (χ3n) is 3.29. The molecule has 3 aromatic rings. The molecular formula is C18H13NO4. The van der Waals surface area contributed by atoms with Gasteiger partial charge in [0.15, 0.2) is 0 Å². The number of rotatable bonds is 4. The van der Waals surface area contributed by atoms with Crippen LogP contribution in [-0.4, -0.2) is 17.0 Å². The number of benzene rings is 2. The van der Waals surface area contributed by atoms with E-state index in [0.29, 0.717) is 17.0 Å². The number of anilines is 1. The minimum Gasteiger partial charge on any atom is -0.478 e. The van der Waals surface area contributed by atoms with Gasteiger partial charge < -0.3 is 14.8 Å². The van der Waals surface area contributed by atoms with Gasteiger partial charge in [0.25, 0.3) is 5.91 Å². The van der Waals surface area contributed by atoms with Crippen LogP contribution in [0.4, 0.5) is 5.69 Å². The van der Waals surface area contributed by atoms with E-state index >= 15 is 0 Å². The van der Waals surface area contributed by atoms with Gasteiger partial charge in [-0.25, -0.2) is 4.79 Å². The maximum Gasteiger partial charge on any atom is 0.335 e. The molecule has 1 heterocycles. The topological polar surface area (TPSA) is 79.5 Å². The molecule has 2 N–H and O–H groups in total. The number of amides is 1. The Hall–Kier alpha value is -3.34. The summed E-state index contributed by atoms with van der Waals surface area (Å²) in [5, 5.41) is 11.6. The largest absolute Gasteiger partial charge is 0.478 e. The fourth-order valence-electron chi connectivity index (χ4n) is 2.14. The molecule has 0 spiro atoms. The summed E-state index contributed by atoms with van der Waals surface area (Å²) in [6, 6.07) is 17.1. The highest BCUT2D eigenvalue weighted by molar-refractivity contribution is 6.05. The molecule has 0 saturated heterocycles. The molecule has 5 nitrogen and oxygen atoms in total. The van der Waals surface area contributed by atoms with Crippen molar-refractivity contribution in [2.45, 2.75) is 0 Å². The number of carboxylic acid groups (broad SMARTS) is 1. The number of aromatic carboxylic acids is 1. The van der Waals surface area contributed by atoms with E-state index in [1.807, 2.05) is 30.3 Å². The summed E-state index contributed by atoms with van der Waals surface area (Å²) in [5.74, 6) is -0.815. The molecule has 0 saturated carbocycles. The highest BCUT2D eigenvalue weighted by atomic mass is 16.4. The Balaban J connectivity index is 1.78. The van der Waals surface area contributed by atoms with Gasteiger partial charge in [-0.3, -0.25) is 4.79 Å². The van der Waals surface area contributed by atoms with Crippen molar-refractivity contribution in [3.63, 3.8) is 0 Å². The van der Waals surface area contributed by atoms with E-state index in [0.717, 1.165) is 5.56 Å². The van der Waals surface area contributed by atoms with Crippen molar-refractivity contribution >= 4 is 17.6 Å². The molecule has 0 fully saturated rings. The molecule has 0 aliphatic carbocycles. The van der Waals surface area contributed by atoms with Crippen LogP contribution in [0.1, 0.15) is 20.7 Å². The number of carboxylic acids is 1. The van der Waals surface area contributed by atoms with Crippen LogP contribution in [0.3, 0.4) is 0 Å². The fourth-order valence-corrected chi connectivity index (χ4v) is 2.14. The van der Waals surface area contributed by atoms with Crippen LogP contribution >= 0.6 is 0 Å². The predicted molar refractivity (Wildman–Crippen MR) is 85.5 cm³/mol. The third kappa shape index (κ3) is 3.29. The van der Waals surface area contributed by atoms with E-state index in [1.165, 1.54) is 18.4 Å². The molecule has 0 atom stereocenters. The maximum atomic E-state index is 12.2. The highest BCUT2D eigenvalue weighted by Crippen LogP contribution is 2.22. The van der Waals surface area contributed by atoms with E-state index < -0.39 is 5.97 Å². The lowest BCUT2D eigenvalue weighted by Gasteiger charge is -2.04. The Labute approximate surface area is 132 Å². The normalized spacial score (nSPS) is 10.3. The summed E-state index contributed by atoms with van der Waals surface area (Å²) in [6.45, 7) is 0. The molecule has 5 heteroatoms. The number of furan rings is 1. The number of hydrogen-bond donors (Lipinski definition) is 2. The lowest BCUT2D eigenvalue weighted by atomic mass is 10.1. The van der Waals surface area contributed by atoms with Crippen LogP contribution in [-0.2, 0) is 0 Å². The molecule has 0 bridgehead atoms. The highest BCUT2D eigenvalue weighted by Gasteiger charge is 2.12. The average Bonchev–Trinajstić information content (AvgIpc) is 3.06. The smallest absolute Gasteiger partial charge is 0.335 e. The van der Waals surface area contributed by atoms with Crippen molar-refractivity contribution < 1.29 is 19.1 Å². The average molecular weight is 307 g/mol. The molecule has 1 amide bonds. The zero-order valence-corrected chi connectivity index (χ0v) is 12.0. The summed E-state index contributed by atoms with van der Waals surface area (Å²) in [5.41, 5.74) is 1.77. The lowest BCUT2D eigenvalue weighted by molar-refractivity contribution is 0.0696. The van der Waals surface area contributed by atoms with Gasteiger partial charge in [-0.2, -0.15) is 0 Å². The lowest BCUT2D eigenvalue weighted by Crippen LogP contribution is -2.11. The molecule has 0 aliphatic heterocycles. The van der Waals surface area contributed by atoms with Gasteiger partial charge in [0.1, 0.15) is 12.0 Å². The van der Waals surface area contributed by atoms with Crippen LogP contribution in [0.15, 0.2) is 71.3 Å². The van der Waals surface area contributed by atoms with Crippen molar-refractivity contribution in [3.8, 4) is 11.3 Å². The van der Waals surface area contributed by atoms with Gasteiger partial charge in [0.2, 0.25) is 0 Å². The number of hydrogen-bond acceptors (Lipinski definition) is 3. The van der Waals surface area contributed by atoms with E-state index in [4.69, 9.17) is 9.52 Å². The molecule has 3 rings (SSSR count). The van der Waals surface area contributed by atoms with Crippen LogP contribution in [0, 0.1) is 0 Å². The SMILES string of the molecule is O=C(O)c1cccc(NC(=O)c2coc(-c3ccccc3)c2)c1. The summed E-state index contributed by atoms with van der Waals surface area (Å²) in [4.78, 5) is 23.2. The fraction of sp³-hybridized carbons (Fsp3) is 0. The second-order valence-corrected chi connectivity index (χ2v) is 4.91.